The largest absolute Gasteiger partial charge is 0.493 e. The molecule has 2 amide bonds. The molecule has 3 aromatic rings. The number of benzene rings is 2. The smallest absolute Gasteiger partial charge is 0.307 e. The van der Waals surface area contributed by atoms with Gasteiger partial charge in [0.1, 0.15) is 5.70 Å². The Labute approximate surface area is 215 Å². The monoisotopic (exact) mass is 530 g/mol. The highest BCUT2D eigenvalue weighted by Crippen LogP contribution is 2.28. The highest BCUT2D eigenvalue weighted by molar-refractivity contribution is 7.87. The normalized spacial score (nSPS) is 12.0. The maximum absolute atomic E-state index is 13.1. The van der Waals surface area contributed by atoms with Gasteiger partial charge in [-0.2, -0.15) is 12.7 Å². The van der Waals surface area contributed by atoms with Crippen LogP contribution >= 0.6 is 0 Å². The molecule has 0 bridgehead atoms. The van der Waals surface area contributed by atoms with E-state index in [1.165, 1.54) is 52.7 Å². The van der Waals surface area contributed by atoms with E-state index >= 15 is 0 Å². The standard InChI is InChI=1S/C25H30N4O7S/c1-28(2)37(33,34)29-16-18(19-8-5-6-9-21(19)29)14-20(25(32)26-12-7-13-30)27-24(31)17-10-11-22(35-3)23(15-17)36-4/h5-6,8-11,14-16,30H,7,12-13H2,1-4H3,(H,26,32)(H,27,31)/b20-14-. The summed E-state index contributed by atoms with van der Waals surface area (Å²) in [6.07, 6.45) is 3.13. The molecule has 0 aliphatic heterocycles. The maximum atomic E-state index is 13.1. The third-order valence-corrected chi connectivity index (χ3v) is 7.20. The van der Waals surface area contributed by atoms with Gasteiger partial charge < -0.3 is 25.2 Å². The summed E-state index contributed by atoms with van der Waals surface area (Å²) in [7, 11) is 1.90. The lowest BCUT2D eigenvalue weighted by Crippen LogP contribution is -2.35. The van der Waals surface area contributed by atoms with Crippen LogP contribution in [-0.4, -0.2) is 75.1 Å². The van der Waals surface area contributed by atoms with Crippen molar-refractivity contribution in [2.75, 3.05) is 41.5 Å². The molecule has 0 radical (unpaired) electrons. The van der Waals surface area contributed by atoms with Crippen molar-refractivity contribution in [3.05, 3.63) is 65.5 Å². The number of para-hydroxylation sites is 1. The van der Waals surface area contributed by atoms with Crippen molar-refractivity contribution in [2.45, 2.75) is 6.42 Å². The first kappa shape index (κ1) is 27.7. The average Bonchev–Trinajstić information content (AvgIpc) is 3.26. The summed E-state index contributed by atoms with van der Waals surface area (Å²) in [5.41, 5.74) is 0.918. The quantitative estimate of drug-likeness (QED) is 0.253. The molecule has 1 aromatic heterocycles. The minimum Gasteiger partial charge on any atom is -0.493 e. The highest BCUT2D eigenvalue weighted by atomic mass is 32.2. The van der Waals surface area contributed by atoms with Crippen LogP contribution in [0.5, 0.6) is 11.5 Å². The SMILES string of the molecule is COc1ccc(C(=O)N/C(=C\c2cn(S(=O)(=O)N(C)C)c3ccccc23)C(=O)NCCCO)cc1OC. The van der Waals surface area contributed by atoms with Crippen LogP contribution in [0, 0.1) is 0 Å². The number of amides is 2. The first-order valence-electron chi connectivity index (χ1n) is 11.3. The van der Waals surface area contributed by atoms with Crippen LogP contribution < -0.4 is 20.1 Å². The van der Waals surface area contributed by atoms with Gasteiger partial charge in [-0.1, -0.05) is 18.2 Å². The molecule has 1 heterocycles. The van der Waals surface area contributed by atoms with Gasteiger partial charge in [-0.15, -0.1) is 0 Å². The molecular weight excluding hydrogens is 500 g/mol. The molecule has 0 unspecified atom stereocenters. The Morgan fingerprint density at radius 3 is 2.43 bits per heavy atom. The van der Waals surface area contributed by atoms with E-state index in [1.807, 2.05) is 0 Å². The predicted molar refractivity (Wildman–Crippen MR) is 140 cm³/mol. The number of ether oxygens (including phenoxy) is 2. The highest BCUT2D eigenvalue weighted by Gasteiger charge is 2.22. The number of hydrogen-bond acceptors (Lipinski definition) is 7. The molecule has 11 nitrogen and oxygen atoms in total. The summed E-state index contributed by atoms with van der Waals surface area (Å²) >= 11 is 0. The maximum Gasteiger partial charge on any atom is 0.307 e. The summed E-state index contributed by atoms with van der Waals surface area (Å²) in [5.74, 6) is -0.416. The van der Waals surface area contributed by atoms with Crippen molar-refractivity contribution in [3.8, 4) is 11.5 Å². The van der Waals surface area contributed by atoms with E-state index < -0.39 is 22.0 Å². The topological polar surface area (TPSA) is 139 Å². The number of nitrogens with one attached hydrogen (secondary N) is 2. The Balaban J connectivity index is 2.08. The van der Waals surface area contributed by atoms with Gasteiger partial charge in [-0.3, -0.25) is 9.59 Å². The number of aromatic nitrogens is 1. The van der Waals surface area contributed by atoms with E-state index in [-0.39, 0.29) is 24.4 Å². The number of methoxy groups -OCH3 is 2. The van der Waals surface area contributed by atoms with Crippen molar-refractivity contribution < 1.29 is 32.6 Å². The Morgan fingerprint density at radius 2 is 1.78 bits per heavy atom. The molecule has 3 rings (SSSR count). The third-order valence-electron chi connectivity index (χ3n) is 5.48. The zero-order valence-electron chi connectivity index (χ0n) is 21.0. The molecule has 0 aliphatic carbocycles. The molecule has 0 atom stereocenters. The first-order chi connectivity index (χ1) is 17.6. The van der Waals surface area contributed by atoms with E-state index in [0.29, 0.717) is 34.4 Å². The van der Waals surface area contributed by atoms with Crippen LogP contribution in [0.3, 0.4) is 0 Å². The van der Waals surface area contributed by atoms with Crippen molar-refractivity contribution in [3.63, 3.8) is 0 Å². The van der Waals surface area contributed by atoms with E-state index in [4.69, 9.17) is 14.6 Å². The van der Waals surface area contributed by atoms with Gasteiger partial charge in [-0.05, 0) is 36.8 Å². The van der Waals surface area contributed by atoms with Gasteiger partial charge in [0.25, 0.3) is 11.8 Å². The molecule has 3 N–H and O–H groups in total. The van der Waals surface area contributed by atoms with Gasteiger partial charge in [0.05, 0.1) is 19.7 Å². The number of carbonyl (C=O) groups excluding carboxylic acids is 2. The Bertz CT molecular complexity index is 1430. The second kappa shape index (κ2) is 11.9. The molecular formula is C25H30N4O7S. The average molecular weight is 531 g/mol. The van der Waals surface area contributed by atoms with Gasteiger partial charge in [-0.25, -0.2) is 3.97 Å². The zero-order valence-corrected chi connectivity index (χ0v) is 21.8. The van der Waals surface area contributed by atoms with Crippen LogP contribution in [0.2, 0.25) is 0 Å². The third kappa shape index (κ3) is 6.10. The fourth-order valence-electron chi connectivity index (χ4n) is 3.52. The molecule has 198 valence electrons. The van der Waals surface area contributed by atoms with Crippen molar-refractivity contribution in [1.82, 2.24) is 18.9 Å². The number of fused-ring (bicyclic) bond motifs is 1. The van der Waals surface area contributed by atoms with Crippen molar-refractivity contribution >= 4 is 39.0 Å². The molecule has 0 fully saturated rings. The number of aliphatic hydroxyl groups is 1. The molecule has 12 heteroatoms. The minimum absolute atomic E-state index is 0.108. The van der Waals surface area contributed by atoms with E-state index in [1.54, 1.807) is 30.3 Å². The number of rotatable bonds is 11. The fourth-order valence-corrected chi connectivity index (χ4v) is 4.53. The van der Waals surface area contributed by atoms with Crippen molar-refractivity contribution in [1.29, 1.82) is 0 Å². The summed E-state index contributed by atoms with van der Waals surface area (Å²) in [5, 5.41) is 14.9. The zero-order chi connectivity index (χ0) is 27.2. The predicted octanol–water partition coefficient (Wildman–Crippen LogP) is 1.58. The van der Waals surface area contributed by atoms with Gasteiger partial charge in [0.2, 0.25) is 0 Å². The van der Waals surface area contributed by atoms with Gasteiger partial charge in [0, 0.05) is 50.0 Å². The summed E-state index contributed by atoms with van der Waals surface area (Å²) in [4.78, 5) is 26.1. The Morgan fingerprint density at radius 1 is 1.08 bits per heavy atom. The molecule has 0 saturated heterocycles. The van der Waals surface area contributed by atoms with Crippen molar-refractivity contribution in [2.24, 2.45) is 0 Å². The van der Waals surface area contributed by atoms with Crippen LogP contribution in [0.15, 0.2) is 54.4 Å². The van der Waals surface area contributed by atoms with Crippen LogP contribution in [0.25, 0.3) is 17.0 Å². The minimum atomic E-state index is -3.86. The summed E-state index contributed by atoms with van der Waals surface area (Å²) < 4.78 is 38.5. The summed E-state index contributed by atoms with van der Waals surface area (Å²) in [6, 6.07) is 11.4. The number of hydrogen-bond donors (Lipinski definition) is 3. The van der Waals surface area contributed by atoms with Crippen LogP contribution in [-0.2, 0) is 15.0 Å². The van der Waals surface area contributed by atoms with Gasteiger partial charge in [0.15, 0.2) is 11.5 Å². The molecule has 2 aromatic carbocycles. The lowest BCUT2D eigenvalue weighted by atomic mass is 10.1. The summed E-state index contributed by atoms with van der Waals surface area (Å²) in [6.45, 7) is 0.0584. The van der Waals surface area contributed by atoms with E-state index in [0.717, 1.165) is 8.28 Å². The number of aliphatic hydroxyl groups excluding tert-OH is 1. The van der Waals surface area contributed by atoms with E-state index in [2.05, 4.69) is 10.6 Å². The molecule has 0 spiro atoms. The Hall–Kier alpha value is -3.87. The lowest BCUT2D eigenvalue weighted by molar-refractivity contribution is -0.117. The molecule has 0 saturated carbocycles. The van der Waals surface area contributed by atoms with E-state index in [9.17, 15) is 18.0 Å². The molecule has 0 aliphatic rings. The van der Waals surface area contributed by atoms with Gasteiger partial charge >= 0.3 is 10.2 Å². The first-order valence-corrected chi connectivity index (χ1v) is 12.7. The fraction of sp³-hybridized carbons (Fsp3) is 0.280. The Kier molecular flexibility index (Phi) is 8.92. The second-order valence-electron chi connectivity index (χ2n) is 8.10. The number of nitrogens with zero attached hydrogens (tertiary/aromatic N) is 2. The lowest BCUT2D eigenvalue weighted by Gasteiger charge is -2.13. The van der Waals surface area contributed by atoms with Crippen LogP contribution in [0.4, 0.5) is 0 Å². The van der Waals surface area contributed by atoms with Crippen LogP contribution in [0.1, 0.15) is 22.3 Å². The molecule has 37 heavy (non-hydrogen) atoms. The number of carbonyl (C=O) groups is 2. The second-order valence-corrected chi connectivity index (χ2v) is 10.1.